The van der Waals surface area contributed by atoms with Gasteiger partial charge in [-0.2, -0.15) is 0 Å². The van der Waals surface area contributed by atoms with Gasteiger partial charge in [0.25, 0.3) is 0 Å². The molecule has 3 aromatic rings. The van der Waals surface area contributed by atoms with Gasteiger partial charge in [0.1, 0.15) is 0 Å². The highest BCUT2D eigenvalue weighted by molar-refractivity contribution is 7.38. The van der Waals surface area contributed by atoms with Crippen LogP contribution >= 0.6 is 0 Å². The van der Waals surface area contributed by atoms with Crippen LogP contribution in [-0.2, 0) is 0 Å². The first-order valence-corrected chi connectivity index (χ1v) is 8.85. The van der Waals surface area contributed by atoms with Crippen molar-refractivity contribution in [3.8, 4) is 0 Å². The third kappa shape index (κ3) is 2.23. The van der Waals surface area contributed by atoms with Crippen LogP contribution in [0.25, 0.3) is 0 Å². The fourth-order valence-corrected chi connectivity index (χ4v) is 5.76. The van der Waals surface area contributed by atoms with Gasteiger partial charge in [-0.05, 0) is 0 Å². The van der Waals surface area contributed by atoms with E-state index < -0.39 is 7.94 Å². The van der Waals surface area contributed by atoms with Gasteiger partial charge in [0.05, 0.1) is 0 Å². The van der Waals surface area contributed by atoms with Crippen molar-refractivity contribution < 1.29 is 0 Å². The Kier molecular flexibility index (Phi) is 3.57. The molecule has 0 spiro atoms. The second kappa shape index (κ2) is 5.51. The molecule has 0 nitrogen and oxygen atoms in total. The summed E-state index contributed by atoms with van der Waals surface area (Å²) in [6, 6.07) is 31.4. The van der Waals surface area contributed by atoms with Crippen LogP contribution in [0.2, 0.25) is 0 Å². The summed E-state index contributed by atoms with van der Waals surface area (Å²) in [6.45, 7) is 0. The Labute approximate surface area is 122 Å². The first-order valence-electron chi connectivity index (χ1n) is 6.77. The molecule has 0 N–H and O–H groups in total. The molecule has 0 amide bonds. The quantitative estimate of drug-likeness (QED) is 0.503. The van der Waals surface area contributed by atoms with E-state index in [2.05, 4.69) is 72.8 Å². The van der Waals surface area contributed by atoms with Crippen LogP contribution in [-0.4, -0.2) is 15.4 Å². The monoisotopic (exact) mass is 270 g/mol. The highest BCUT2D eigenvalue weighted by Crippen LogP contribution is 2.03. The van der Waals surface area contributed by atoms with Crippen LogP contribution in [0.1, 0.15) is 0 Å². The molecule has 3 radical (unpaired) electrons. The largest absolute Gasteiger partial charge is 0.605 e. The van der Waals surface area contributed by atoms with E-state index >= 15 is 0 Å². The molecule has 0 unspecified atom stereocenters. The van der Waals surface area contributed by atoms with Gasteiger partial charge in [-0.25, -0.2) is 0 Å². The van der Waals surface area contributed by atoms with E-state index in [-0.39, 0.29) is 0 Å². The van der Waals surface area contributed by atoms with Crippen molar-refractivity contribution in [2.24, 2.45) is 0 Å². The molecular formula is C18H15BSi-. The Hall–Kier alpha value is -2.06. The fourth-order valence-electron chi connectivity index (χ4n) is 2.60. The van der Waals surface area contributed by atoms with Crippen LogP contribution in [0.5, 0.6) is 0 Å². The molecule has 0 fully saturated rings. The molecule has 0 bridgehead atoms. The average Bonchev–Trinajstić information content (AvgIpc) is 2.56. The Morgan fingerprint density at radius 2 is 0.700 bits per heavy atom. The van der Waals surface area contributed by atoms with E-state index in [1.807, 2.05) is 18.2 Å². The number of hydrogen-bond donors (Lipinski definition) is 0. The molecule has 0 saturated heterocycles. The van der Waals surface area contributed by atoms with Gasteiger partial charge in [0.2, 0.25) is 0 Å². The number of benzene rings is 3. The highest BCUT2D eigenvalue weighted by atomic mass is 28.3. The predicted molar refractivity (Wildman–Crippen MR) is 89.7 cm³/mol. The molecule has 0 heterocycles. The van der Waals surface area contributed by atoms with Crippen LogP contribution in [0, 0.1) is 0 Å². The predicted octanol–water partition coefficient (Wildman–Crippen LogP) is 1.82. The summed E-state index contributed by atoms with van der Waals surface area (Å²) >= 11 is 0. The van der Waals surface area contributed by atoms with Crippen LogP contribution in [0.15, 0.2) is 91.0 Å². The van der Waals surface area contributed by atoms with Crippen molar-refractivity contribution in [1.82, 2.24) is 0 Å². The molecule has 0 atom stereocenters. The van der Waals surface area contributed by atoms with Crippen molar-refractivity contribution in [3.63, 3.8) is 0 Å². The maximum atomic E-state index is 7.00. The van der Waals surface area contributed by atoms with Crippen LogP contribution in [0.3, 0.4) is 0 Å². The third-order valence-electron chi connectivity index (χ3n) is 3.69. The van der Waals surface area contributed by atoms with E-state index in [0.717, 1.165) is 0 Å². The van der Waals surface area contributed by atoms with E-state index in [0.29, 0.717) is 0 Å². The van der Waals surface area contributed by atoms with Crippen LogP contribution in [0.4, 0.5) is 0 Å². The van der Waals surface area contributed by atoms with Gasteiger partial charge >= 0.3 is 0 Å². The molecule has 3 aromatic carbocycles. The lowest BCUT2D eigenvalue weighted by Crippen LogP contribution is -2.68. The van der Waals surface area contributed by atoms with E-state index in [1.165, 1.54) is 15.6 Å². The maximum Gasteiger partial charge on any atom is -0.0623 e. The number of hydrogen-bond acceptors (Lipinski definition) is 0. The maximum absolute atomic E-state index is 7.00. The topological polar surface area (TPSA) is 0 Å². The Morgan fingerprint density at radius 1 is 0.450 bits per heavy atom. The normalized spacial score (nSPS) is 11.2. The molecular weight excluding hydrogens is 255 g/mol. The Balaban J connectivity index is 2.24. The summed E-state index contributed by atoms with van der Waals surface area (Å²) in [5.41, 5.74) is 0. The fraction of sp³-hybridized carbons (Fsp3) is 0. The summed E-state index contributed by atoms with van der Waals surface area (Å²) in [5.74, 6) is 0. The summed E-state index contributed by atoms with van der Waals surface area (Å²) in [6.07, 6.45) is 0. The molecule has 0 saturated carbocycles. The van der Waals surface area contributed by atoms with Gasteiger partial charge in [0, 0.05) is 0 Å². The summed E-state index contributed by atoms with van der Waals surface area (Å²) in [4.78, 5) is 0. The zero-order chi connectivity index (χ0) is 13.8. The van der Waals surface area contributed by atoms with Gasteiger partial charge < -0.3 is 7.44 Å². The molecule has 20 heavy (non-hydrogen) atoms. The second-order valence-corrected chi connectivity index (χ2v) is 8.25. The molecule has 2 heteroatoms. The zero-order valence-electron chi connectivity index (χ0n) is 11.2. The third-order valence-corrected chi connectivity index (χ3v) is 7.42. The smallest absolute Gasteiger partial charge is 0.0623 e. The van der Waals surface area contributed by atoms with E-state index in [1.54, 1.807) is 0 Å². The summed E-state index contributed by atoms with van der Waals surface area (Å²) in [5, 5.41) is 3.70. The Bertz CT molecular complexity index is 569. The molecule has 0 aliphatic rings. The molecule has 0 aromatic heterocycles. The minimum Gasteiger partial charge on any atom is -0.605 e. The van der Waals surface area contributed by atoms with Gasteiger partial charge in [-0.3, -0.25) is 0 Å². The minimum atomic E-state index is -2.38. The second-order valence-electron chi connectivity index (χ2n) is 4.91. The van der Waals surface area contributed by atoms with E-state index in [9.17, 15) is 0 Å². The van der Waals surface area contributed by atoms with Crippen molar-refractivity contribution >= 4 is 30.9 Å². The zero-order valence-corrected chi connectivity index (χ0v) is 12.2. The highest BCUT2D eigenvalue weighted by Gasteiger charge is 2.20. The molecule has 95 valence electrons. The van der Waals surface area contributed by atoms with Crippen molar-refractivity contribution in [2.45, 2.75) is 0 Å². The summed E-state index contributed by atoms with van der Waals surface area (Å²) < 4.78 is 0. The van der Waals surface area contributed by atoms with Gasteiger partial charge in [0.15, 0.2) is 0 Å². The van der Waals surface area contributed by atoms with Crippen LogP contribution < -0.4 is 15.6 Å². The van der Waals surface area contributed by atoms with Crippen molar-refractivity contribution in [2.75, 3.05) is 0 Å². The van der Waals surface area contributed by atoms with Gasteiger partial charge in [-0.15, -0.1) is 0 Å². The van der Waals surface area contributed by atoms with E-state index in [4.69, 9.17) is 7.44 Å². The first-order chi connectivity index (χ1) is 9.82. The lowest BCUT2D eigenvalue weighted by molar-refractivity contribution is 1.70. The Morgan fingerprint density at radius 3 is 0.950 bits per heavy atom. The van der Waals surface area contributed by atoms with Crippen molar-refractivity contribution in [1.29, 1.82) is 0 Å². The summed E-state index contributed by atoms with van der Waals surface area (Å²) in [7, 11) is 4.62. The standard InChI is InChI=1S/C18H15BSi/c19-20(16-10-4-1-5-11-16,17-12-6-2-7-13-17)18-14-8-3-9-15-18/h1-15H/q-1. The molecule has 0 aliphatic carbocycles. The molecule has 3 rings (SSSR count). The molecule has 0 aliphatic heterocycles. The lowest BCUT2D eigenvalue weighted by Gasteiger charge is -2.43. The number of rotatable bonds is 3. The SMILES string of the molecule is [B-][Si](c1ccccc1)(c1ccccc1)c1ccccc1. The minimum absolute atomic E-state index is 1.23. The van der Waals surface area contributed by atoms with Gasteiger partial charge in [-0.1, -0.05) is 114 Å². The lowest BCUT2D eigenvalue weighted by atomic mass is 10.3. The van der Waals surface area contributed by atoms with Crippen molar-refractivity contribution in [3.05, 3.63) is 91.0 Å². The first kappa shape index (κ1) is 12.9. The average molecular weight is 270 g/mol.